The van der Waals surface area contributed by atoms with Gasteiger partial charge in [0.25, 0.3) is 0 Å². The Labute approximate surface area is 192 Å². The molecule has 0 saturated heterocycles. The first-order chi connectivity index (χ1) is 15.9. The van der Waals surface area contributed by atoms with Gasteiger partial charge in [0.15, 0.2) is 11.5 Å². The van der Waals surface area contributed by atoms with Crippen molar-refractivity contribution in [1.29, 1.82) is 0 Å². The lowest BCUT2D eigenvalue weighted by Gasteiger charge is -2.18. The van der Waals surface area contributed by atoms with E-state index in [2.05, 4.69) is 15.3 Å². The van der Waals surface area contributed by atoms with Gasteiger partial charge >= 0.3 is 12.1 Å². The number of nitrogens with one attached hydrogen (secondary N) is 2. The Morgan fingerprint density at radius 2 is 2.09 bits per heavy atom. The Morgan fingerprint density at radius 1 is 1.27 bits per heavy atom. The van der Waals surface area contributed by atoms with Gasteiger partial charge in [-0.3, -0.25) is 0 Å². The van der Waals surface area contributed by atoms with Gasteiger partial charge in [-0.25, -0.2) is 14.6 Å². The standard InChI is InChI=1S/C22H21N5O5S/c1-31-17-8-11(2-3-16(17)32-22(24)30)13(9-23)14-10-33-20(18(14)21(28)29)27-15-5-7-26-19-12(15)4-6-25-19/h2-8,10,13H,9,23H2,1H3,(H2,24,30)(H,28,29)(H2,25,26,27). The number of hydrogen-bond donors (Lipinski definition) is 5. The first-order valence-corrected chi connectivity index (χ1v) is 10.7. The number of fused-ring (bicyclic) bond motifs is 1. The van der Waals surface area contributed by atoms with Crippen molar-refractivity contribution in [3.05, 3.63) is 64.8 Å². The number of carbonyl (C=O) groups excluding carboxylic acids is 1. The molecule has 0 bridgehead atoms. The number of methoxy groups -OCH3 is 1. The van der Waals surface area contributed by atoms with Crippen LogP contribution in [-0.2, 0) is 0 Å². The minimum absolute atomic E-state index is 0.132. The van der Waals surface area contributed by atoms with Gasteiger partial charge < -0.3 is 36.3 Å². The van der Waals surface area contributed by atoms with Crippen LogP contribution in [0.4, 0.5) is 15.5 Å². The fraction of sp³-hybridized carbons (Fsp3) is 0.136. The predicted octanol–water partition coefficient (Wildman–Crippen LogP) is 3.62. The third-order valence-corrected chi connectivity index (χ3v) is 6.07. The van der Waals surface area contributed by atoms with Crippen LogP contribution in [0.5, 0.6) is 11.5 Å². The number of nitrogens with two attached hydrogens (primary N) is 2. The second-order valence-corrected chi connectivity index (χ2v) is 7.92. The number of carbonyl (C=O) groups is 2. The van der Waals surface area contributed by atoms with Crippen molar-refractivity contribution in [3.8, 4) is 11.5 Å². The SMILES string of the molecule is COc1cc(C(CN)c2csc(Nc3ccnc4[nH]ccc34)c2C(=O)O)ccc1OC(N)=O. The summed E-state index contributed by atoms with van der Waals surface area (Å²) in [6.07, 6.45) is 2.44. The summed E-state index contributed by atoms with van der Waals surface area (Å²) in [6, 6.07) is 8.53. The minimum atomic E-state index is -1.08. The molecular formula is C22H21N5O5S. The Kier molecular flexibility index (Phi) is 6.16. The number of aromatic carboxylic acids is 1. The molecule has 0 aliphatic carbocycles. The molecule has 0 saturated carbocycles. The van der Waals surface area contributed by atoms with Crippen molar-refractivity contribution in [2.24, 2.45) is 11.5 Å². The molecular weight excluding hydrogens is 446 g/mol. The van der Waals surface area contributed by atoms with Gasteiger partial charge in [-0.15, -0.1) is 11.3 Å². The number of benzene rings is 1. The van der Waals surface area contributed by atoms with E-state index in [-0.39, 0.29) is 23.6 Å². The number of H-pyrrole nitrogens is 1. The van der Waals surface area contributed by atoms with Crippen molar-refractivity contribution >= 4 is 45.1 Å². The van der Waals surface area contributed by atoms with Crippen LogP contribution in [0, 0.1) is 0 Å². The molecule has 0 spiro atoms. The van der Waals surface area contributed by atoms with Gasteiger partial charge in [0.1, 0.15) is 10.6 Å². The molecule has 3 aromatic heterocycles. The molecule has 33 heavy (non-hydrogen) atoms. The molecule has 1 atom stereocenters. The first-order valence-electron chi connectivity index (χ1n) is 9.82. The Bertz CT molecular complexity index is 1330. The number of hydrogen-bond acceptors (Lipinski definition) is 8. The van der Waals surface area contributed by atoms with E-state index in [1.807, 2.05) is 6.07 Å². The number of thiophene rings is 1. The smallest absolute Gasteiger partial charge is 0.410 e. The Hall–Kier alpha value is -4.09. The lowest BCUT2D eigenvalue weighted by molar-refractivity contribution is 0.0697. The number of carboxylic acid groups (broad SMARTS) is 1. The summed E-state index contributed by atoms with van der Waals surface area (Å²) in [6.45, 7) is 0.146. The number of ether oxygens (including phenoxy) is 2. The summed E-state index contributed by atoms with van der Waals surface area (Å²) in [5.74, 6) is -1.08. The molecule has 0 radical (unpaired) electrons. The van der Waals surface area contributed by atoms with Crippen LogP contribution in [0.2, 0.25) is 0 Å². The highest BCUT2D eigenvalue weighted by Gasteiger charge is 2.26. The number of aromatic amines is 1. The topological polar surface area (TPSA) is 166 Å². The summed E-state index contributed by atoms with van der Waals surface area (Å²) in [4.78, 5) is 30.7. The molecule has 11 heteroatoms. The zero-order valence-electron chi connectivity index (χ0n) is 17.5. The van der Waals surface area contributed by atoms with Gasteiger partial charge in [0.2, 0.25) is 0 Å². The monoisotopic (exact) mass is 467 g/mol. The molecule has 0 fully saturated rings. The largest absolute Gasteiger partial charge is 0.493 e. The highest BCUT2D eigenvalue weighted by Crippen LogP contribution is 2.40. The van der Waals surface area contributed by atoms with E-state index in [4.69, 9.17) is 20.9 Å². The average molecular weight is 468 g/mol. The Morgan fingerprint density at radius 3 is 2.79 bits per heavy atom. The van der Waals surface area contributed by atoms with Crippen molar-refractivity contribution in [3.63, 3.8) is 0 Å². The summed E-state index contributed by atoms with van der Waals surface area (Å²) in [5.41, 5.74) is 14.0. The van der Waals surface area contributed by atoms with Gasteiger partial charge in [-0.2, -0.15) is 0 Å². The molecule has 170 valence electrons. The third kappa shape index (κ3) is 4.31. The molecule has 10 nitrogen and oxygen atoms in total. The average Bonchev–Trinajstić information content (AvgIpc) is 3.43. The lowest BCUT2D eigenvalue weighted by atomic mass is 9.90. The van der Waals surface area contributed by atoms with Gasteiger partial charge in [0, 0.05) is 30.2 Å². The second-order valence-electron chi connectivity index (χ2n) is 7.04. The van der Waals surface area contributed by atoms with E-state index in [0.29, 0.717) is 21.8 Å². The molecule has 1 amide bonds. The molecule has 1 aromatic carbocycles. The van der Waals surface area contributed by atoms with Crippen LogP contribution in [-0.4, -0.2) is 40.8 Å². The fourth-order valence-corrected chi connectivity index (χ4v) is 4.69. The van der Waals surface area contributed by atoms with Gasteiger partial charge in [-0.1, -0.05) is 6.07 Å². The van der Waals surface area contributed by atoms with Crippen molar-refractivity contribution in [1.82, 2.24) is 9.97 Å². The number of pyridine rings is 1. The number of rotatable bonds is 8. The summed E-state index contributed by atoms with van der Waals surface area (Å²) < 4.78 is 10.2. The molecule has 0 aliphatic rings. The fourth-order valence-electron chi connectivity index (χ4n) is 3.67. The van der Waals surface area contributed by atoms with Crippen LogP contribution in [0.3, 0.4) is 0 Å². The van der Waals surface area contributed by atoms with Crippen LogP contribution in [0.25, 0.3) is 11.0 Å². The second kappa shape index (κ2) is 9.18. The number of anilines is 2. The maximum absolute atomic E-state index is 12.3. The lowest BCUT2D eigenvalue weighted by Crippen LogP contribution is -2.18. The normalized spacial score (nSPS) is 11.8. The van der Waals surface area contributed by atoms with Crippen LogP contribution in [0.15, 0.2) is 48.1 Å². The van der Waals surface area contributed by atoms with Crippen molar-refractivity contribution < 1.29 is 24.2 Å². The van der Waals surface area contributed by atoms with E-state index in [1.54, 1.807) is 36.0 Å². The summed E-state index contributed by atoms with van der Waals surface area (Å²) in [7, 11) is 1.43. The molecule has 4 rings (SSSR count). The minimum Gasteiger partial charge on any atom is -0.493 e. The van der Waals surface area contributed by atoms with Crippen LogP contribution < -0.4 is 26.3 Å². The quantitative estimate of drug-likeness (QED) is 0.262. The van der Waals surface area contributed by atoms with E-state index in [0.717, 1.165) is 11.1 Å². The van der Waals surface area contributed by atoms with Crippen molar-refractivity contribution in [2.45, 2.75) is 5.92 Å². The van der Waals surface area contributed by atoms with Gasteiger partial charge in [0.05, 0.1) is 18.4 Å². The maximum Gasteiger partial charge on any atom is 0.410 e. The zero-order valence-corrected chi connectivity index (χ0v) is 18.3. The summed E-state index contributed by atoms with van der Waals surface area (Å²) >= 11 is 1.28. The van der Waals surface area contributed by atoms with E-state index in [1.165, 1.54) is 24.5 Å². The molecule has 1 unspecified atom stereocenters. The third-order valence-electron chi connectivity index (χ3n) is 5.15. The van der Waals surface area contributed by atoms with Gasteiger partial charge in [-0.05, 0) is 40.8 Å². The molecule has 3 heterocycles. The first kappa shape index (κ1) is 22.1. The van der Waals surface area contributed by atoms with Crippen LogP contribution >= 0.6 is 11.3 Å². The highest BCUT2D eigenvalue weighted by molar-refractivity contribution is 7.14. The van der Waals surface area contributed by atoms with Crippen molar-refractivity contribution in [2.75, 3.05) is 19.0 Å². The molecule has 7 N–H and O–H groups in total. The zero-order chi connectivity index (χ0) is 23.5. The Balaban J connectivity index is 1.74. The van der Waals surface area contributed by atoms with E-state index in [9.17, 15) is 14.7 Å². The molecule has 0 aliphatic heterocycles. The number of primary amides is 1. The van der Waals surface area contributed by atoms with E-state index < -0.39 is 18.0 Å². The molecule has 4 aromatic rings. The predicted molar refractivity (Wildman–Crippen MR) is 125 cm³/mol. The number of amides is 1. The summed E-state index contributed by atoms with van der Waals surface area (Å²) in [5, 5.41) is 16.4. The van der Waals surface area contributed by atoms with Crippen LogP contribution in [0.1, 0.15) is 27.4 Å². The maximum atomic E-state index is 12.3. The van der Waals surface area contributed by atoms with E-state index >= 15 is 0 Å². The number of nitrogens with zero attached hydrogens (tertiary/aromatic N) is 1. The number of carboxylic acids is 1. The highest BCUT2D eigenvalue weighted by atomic mass is 32.1. The number of aromatic nitrogens is 2.